The first-order valence-electron chi connectivity index (χ1n) is 9.30. The van der Waals surface area contributed by atoms with Crippen molar-refractivity contribution in [1.82, 2.24) is 0 Å². The summed E-state index contributed by atoms with van der Waals surface area (Å²) in [6.07, 6.45) is 0. The summed E-state index contributed by atoms with van der Waals surface area (Å²) >= 11 is 3.21. The molecule has 0 heterocycles. The fourth-order valence-electron chi connectivity index (χ4n) is 2.81. The molecule has 0 spiro atoms. The molecular weight excluding hydrogens is 408 g/mol. The molecule has 6 heteroatoms. The molecule has 0 N–H and O–H groups in total. The highest BCUT2D eigenvalue weighted by Crippen LogP contribution is 2.41. The Hall–Kier alpha value is -3.06. The van der Waals surface area contributed by atoms with Crippen LogP contribution in [0, 0.1) is 22.7 Å². The molecule has 0 fully saturated rings. The van der Waals surface area contributed by atoms with Crippen molar-refractivity contribution in [2.75, 3.05) is 38.0 Å². The summed E-state index contributed by atoms with van der Waals surface area (Å²) in [5, 5.41) is 19.0. The van der Waals surface area contributed by atoms with Crippen molar-refractivity contribution in [3.63, 3.8) is 0 Å². The van der Waals surface area contributed by atoms with Crippen LogP contribution < -0.4 is 9.80 Å². The minimum Gasteiger partial charge on any atom is -0.378 e. The van der Waals surface area contributed by atoms with Crippen LogP contribution in [0.1, 0.15) is 11.1 Å². The highest BCUT2D eigenvalue weighted by atomic mass is 32.2. The van der Waals surface area contributed by atoms with E-state index in [1.807, 2.05) is 52.5 Å². The summed E-state index contributed by atoms with van der Waals surface area (Å²) < 4.78 is 0. The monoisotopic (exact) mass is 430 g/mol. The van der Waals surface area contributed by atoms with Gasteiger partial charge in [-0.3, -0.25) is 0 Å². The van der Waals surface area contributed by atoms with Gasteiger partial charge in [-0.15, -0.1) is 0 Å². The molecule has 0 aliphatic rings. The molecule has 0 bridgehead atoms. The van der Waals surface area contributed by atoms with Crippen molar-refractivity contribution >= 4 is 34.9 Å². The Bertz CT molecular complexity index is 1050. The van der Waals surface area contributed by atoms with Gasteiger partial charge in [-0.1, -0.05) is 35.7 Å². The van der Waals surface area contributed by atoms with Gasteiger partial charge in [0.25, 0.3) is 0 Å². The molecule has 0 aliphatic carbocycles. The normalized spacial score (nSPS) is 10.2. The van der Waals surface area contributed by atoms with Crippen LogP contribution in [-0.2, 0) is 0 Å². The van der Waals surface area contributed by atoms with Crippen molar-refractivity contribution in [1.29, 1.82) is 10.5 Å². The molecule has 150 valence electrons. The number of nitriles is 2. The molecule has 0 atom stereocenters. The summed E-state index contributed by atoms with van der Waals surface area (Å²) in [6.45, 7) is 0. The zero-order chi connectivity index (χ0) is 21.7. The third-order valence-corrected chi connectivity index (χ3v) is 6.67. The molecule has 3 aromatic rings. The smallest absolute Gasteiger partial charge is 0.101 e. The van der Waals surface area contributed by atoms with Gasteiger partial charge in [-0.2, -0.15) is 10.5 Å². The second-order valence-corrected chi connectivity index (χ2v) is 9.29. The summed E-state index contributed by atoms with van der Waals surface area (Å²) in [5.41, 5.74) is 3.02. The molecule has 0 saturated heterocycles. The molecule has 30 heavy (non-hydrogen) atoms. The minimum absolute atomic E-state index is 0.398. The Morgan fingerprint density at radius 2 is 1.03 bits per heavy atom. The minimum atomic E-state index is 0.398. The average Bonchev–Trinajstić information content (AvgIpc) is 2.74. The van der Waals surface area contributed by atoms with Gasteiger partial charge in [0.2, 0.25) is 0 Å². The van der Waals surface area contributed by atoms with E-state index in [-0.39, 0.29) is 0 Å². The maximum atomic E-state index is 9.51. The van der Waals surface area contributed by atoms with Crippen LogP contribution in [0.15, 0.2) is 80.2 Å². The second-order valence-electron chi connectivity index (χ2n) is 7.06. The fourth-order valence-corrected chi connectivity index (χ4v) is 4.89. The SMILES string of the molecule is CN(C)c1cccc(Sc2cc(C#N)c(C#N)cc2Sc2cccc(N(C)C)c2)c1. The van der Waals surface area contributed by atoms with Crippen molar-refractivity contribution < 1.29 is 0 Å². The van der Waals surface area contributed by atoms with E-state index in [2.05, 4.69) is 58.3 Å². The Morgan fingerprint density at radius 3 is 1.37 bits per heavy atom. The van der Waals surface area contributed by atoms with Crippen LogP contribution >= 0.6 is 23.5 Å². The third-order valence-electron chi connectivity index (χ3n) is 4.45. The van der Waals surface area contributed by atoms with Crippen LogP contribution in [-0.4, -0.2) is 28.2 Å². The summed E-state index contributed by atoms with van der Waals surface area (Å²) in [6, 6.07) is 24.5. The van der Waals surface area contributed by atoms with Gasteiger partial charge >= 0.3 is 0 Å². The Kier molecular flexibility index (Phi) is 6.95. The summed E-state index contributed by atoms with van der Waals surface area (Å²) in [5.74, 6) is 0. The molecule has 0 aromatic heterocycles. The predicted molar refractivity (Wildman–Crippen MR) is 126 cm³/mol. The van der Waals surface area contributed by atoms with Crippen LogP contribution in [0.25, 0.3) is 0 Å². The largest absolute Gasteiger partial charge is 0.378 e. The highest BCUT2D eigenvalue weighted by Gasteiger charge is 2.14. The molecule has 0 radical (unpaired) electrons. The third kappa shape index (κ3) is 5.10. The number of nitrogens with zero attached hydrogens (tertiary/aromatic N) is 4. The maximum absolute atomic E-state index is 9.51. The molecule has 3 rings (SSSR count). The number of anilines is 2. The van der Waals surface area contributed by atoms with Crippen molar-refractivity contribution in [2.24, 2.45) is 0 Å². The molecule has 4 nitrogen and oxygen atoms in total. The van der Waals surface area contributed by atoms with Gasteiger partial charge < -0.3 is 9.80 Å². The molecule has 0 amide bonds. The van der Waals surface area contributed by atoms with Gasteiger partial charge in [0.1, 0.15) is 12.1 Å². The van der Waals surface area contributed by atoms with Gasteiger partial charge in [0.05, 0.1) is 11.1 Å². The zero-order valence-electron chi connectivity index (χ0n) is 17.4. The van der Waals surface area contributed by atoms with Crippen molar-refractivity contribution in [3.8, 4) is 12.1 Å². The van der Waals surface area contributed by atoms with Crippen LogP contribution in [0.5, 0.6) is 0 Å². The predicted octanol–water partition coefficient (Wildman–Crippen LogP) is 5.86. The van der Waals surface area contributed by atoms with E-state index in [0.29, 0.717) is 11.1 Å². The van der Waals surface area contributed by atoms with E-state index in [1.165, 1.54) is 0 Å². The number of rotatable bonds is 6. The number of hydrogen-bond acceptors (Lipinski definition) is 6. The second kappa shape index (κ2) is 9.63. The quantitative estimate of drug-likeness (QED) is 0.488. The lowest BCUT2D eigenvalue weighted by molar-refractivity contribution is 1.12. The van der Waals surface area contributed by atoms with Gasteiger partial charge in [-0.05, 0) is 48.5 Å². The first-order chi connectivity index (χ1) is 14.4. The lowest BCUT2D eigenvalue weighted by Gasteiger charge is -2.16. The lowest BCUT2D eigenvalue weighted by Crippen LogP contribution is -2.08. The van der Waals surface area contributed by atoms with E-state index in [9.17, 15) is 10.5 Å². The van der Waals surface area contributed by atoms with Gasteiger partial charge in [0.15, 0.2) is 0 Å². The van der Waals surface area contributed by atoms with Crippen LogP contribution in [0.4, 0.5) is 11.4 Å². The zero-order valence-corrected chi connectivity index (χ0v) is 19.0. The van der Waals surface area contributed by atoms with E-state index in [4.69, 9.17) is 0 Å². The summed E-state index contributed by atoms with van der Waals surface area (Å²) in [4.78, 5) is 8.21. The highest BCUT2D eigenvalue weighted by molar-refractivity contribution is 8.02. The first-order valence-corrected chi connectivity index (χ1v) is 10.9. The lowest BCUT2D eigenvalue weighted by atomic mass is 10.1. The first kappa shape index (κ1) is 21.6. The van der Waals surface area contributed by atoms with Crippen molar-refractivity contribution in [3.05, 3.63) is 71.8 Å². The average molecular weight is 431 g/mol. The van der Waals surface area contributed by atoms with Crippen LogP contribution in [0.2, 0.25) is 0 Å². The van der Waals surface area contributed by atoms with E-state index in [0.717, 1.165) is 31.0 Å². The van der Waals surface area contributed by atoms with Crippen LogP contribution in [0.3, 0.4) is 0 Å². The topological polar surface area (TPSA) is 54.1 Å². The van der Waals surface area contributed by atoms with Gasteiger partial charge in [-0.25, -0.2) is 0 Å². The van der Waals surface area contributed by atoms with E-state index < -0.39 is 0 Å². The van der Waals surface area contributed by atoms with Crippen molar-refractivity contribution in [2.45, 2.75) is 19.6 Å². The Labute approximate surface area is 186 Å². The maximum Gasteiger partial charge on any atom is 0.101 e. The molecule has 0 aliphatic heterocycles. The molecule has 3 aromatic carbocycles. The standard InChI is InChI=1S/C24H22N4S2/c1-27(2)19-7-5-9-21(13-19)29-23-11-17(15-25)18(16-26)12-24(23)30-22-10-6-8-20(14-22)28(3)4/h5-14H,1-4H3. The Balaban J connectivity index is 2.03. The number of benzene rings is 3. The van der Waals surface area contributed by atoms with E-state index >= 15 is 0 Å². The summed E-state index contributed by atoms with van der Waals surface area (Å²) in [7, 11) is 8.05. The number of hydrogen-bond donors (Lipinski definition) is 0. The van der Waals surface area contributed by atoms with E-state index in [1.54, 1.807) is 23.5 Å². The van der Waals surface area contributed by atoms with Gasteiger partial charge in [0, 0.05) is 59.1 Å². The fraction of sp³-hybridized carbons (Fsp3) is 0.167. The Morgan fingerprint density at radius 1 is 0.633 bits per heavy atom. The molecule has 0 unspecified atom stereocenters. The molecule has 0 saturated carbocycles. The molecular formula is C24H22N4S2.